The Kier molecular flexibility index (Phi) is 8.52. The maximum Gasteiger partial charge on any atom is 0.417 e. The Hall–Kier alpha value is -2.94. The fraction of sp³-hybridized carbons (Fsp3) is 0.536. The molecule has 3 N–H and O–H groups in total. The van der Waals surface area contributed by atoms with Gasteiger partial charge in [-0.1, -0.05) is 44.4 Å². The number of nitrogens with zero attached hydrogens (tertiary/aromatic N) is 2. The third-order valence-electron chi connectivity index (χ3n) is 7.70. The fourth-order valence-electron chi connectivity index (χ4n) is 5.56. The molecule has 4 rings (SSSR count). The average Bonchev–Trinajstić information content (AvgIpc) is 3.41. The monoisotopic (exact) mass is 516 g/mol. The molecule has 3 atom stereocenters. The number of aromatic nitrogens is 1. The third kappa shape index (κ3) is 6.14. The molecule has 1 aliphatic heterocycles. The van der Waals surface area contributed by atoms with Crippen LogP contribution in [0.2, 0.25) is 0 Å². The van der Waals surface area contributed by atoms with Crippen molar-refractivity contribution in [1.29, 1.82) is 0 Å². The van der Waals surface area contributed by atoms with Crippen molar-refractivity contribution >= 4 is 11.8 Å². The lowest BCUT2D eigenvalue weighted by Gasteiger charge is -2.35. The topological polar surface area (TPSA) is 88.3 Å². The molecule has 2 amide bonds. The molecule has 3 unspecified atom stereocenters. The Labute approximate surface area is 215 Å². The van der Waals surface area contributed by atoms with Gasteiger partial charge < -0.3 is 16.0 Å². The number of nitrogens with two attached hydrogens (primary N) is 1. The molecule has 1 aliphatic carbocycles. The van der Waals surface area contributed by atoms with E-state index in [-0.39, 0.29) is 41.6 Å². The Bertz CT molecular complexity index is 1100. The van der Waals surface area contributed by atoms with E-state index in [0.717, 1.165) is 50.2 Å². The number of benzene rings is 1. The van der Waals surface area contributed by atoms with Gasteiger partial charge in [-0.25, -0.2) is 0 Å². The van der Waals surface area contributed by atoms with Crippen molar-refractivity contribution < 1.29 is 22.8 Å². The second-order valence-corrected chi connectivity index (χ2v) is 10.2. The molecule has 2 fully saturated rings. The highest BCUT2D eigenvalue weighted by molar-refractivity contribution is 5.89. The third-order valence-corrected chi connectivity index (χ3v) is 7.70. The maximum absolute atomic E-state index is 13.9. The first kappa shape index (κ1) is 27.1. The van der Waals surface area contributed by atoms with Crippen LogP contribution >= 0.6 is 0 Å². The van der Waals surface area contributed by atoms with Gasteiger partial charge >= 0.3 is 6.18 Å². The number of rotatable bonds is 7. The van der Waals surface area contributed by atoms with Crippen LogP contribution in [0.3, 0.4) is 0 Å². The summed E-state index contributed by atoms with van der Waals surface area (Å²) in [6.07, 6.45) is 3.38. The summed E-state index contributed by atoms with van der Waals surface area (Å²) in [6.45, 7) is 2.47. The number of amides is 2. The minimum atomic E-state index is -4.50. The molecule has 2 heterocycles. The molecule has 0 bridgehead atoms. The van der Waals surface area contributed by atoms with E-state index in [1.807, 2.05) is 0 Å². The molecular weight excluding hydrogens is 481 g/mol. The van der Waals surface area contributed by atoms with Gasteiger partial charge in [0, 0.05) is 30.8 Å². The summed E-state index contributed by atoms with van der Waals surface area (Å²) >= 11 is 0. The van der Waals surface area contributed by atoms with E-state index in [2.05, 4.69) is 10.3 Å². The predicted molar refractivity (Wildman–Crippen MR) is 135 cm³/mol. The minimum Gasteiger partial charge on any atom is -0.344 e. The maximum atomic E-state index is 13.9. The number of carbonyl (C=O) groups is 2. The van der Waals surface area contributed by atoms with Crippen molar-refractivity contribution in [1.82, 2.24) is 15.2 Å². The average molecular weight is 517 g/mol. The standard InChI is InChI=1S/C28H35F3N4O2/c1-18(17-32)26(36)34-25(19-8-3-2-4-9-19)27(37)35-15-7-12-24(35)20-13-14-33-23(16-20)21-10-5-6-11-22(21)28(29,30)31/h5-6,10-11,13-14,16,18-19,24-25H,2-4,7-9,12,15,17,32H2,1H3,(H,34,36). The van der Waals surface area contributed by atoms with Gasteiger partial charge in [-0.05, 0) is 55.4 Å². The second-order valence-electron chi connectivity index (χ2n) is 10.2. The Morgan fingerprint density at radius 3 is 2.54 bits per heavy atom. The van der Waals surface area contributed by atoms with Crippen molar-refractivity contribution in [2.45, 2.75) is 70.1 Å². The quantitative estimate of drug-likeness (QED) is 0.537. The highest BCUT2D eigenvalue weighted by atomic mass is 19.4. The first-order chi connectivity index (χ1) is 17.7. The summed E-state index contributed by atoms with van der Waals surface area (Å²) in [7, 11) is 0. The van der Waals surface area contributed by atoms with Crippen LogP contribution < -0.4 is 11.1 Å². The second kappa shape index (κ2) is 11.6. The molecule has 1 saturated carbocycles. The molecule has 1 aromatic heterocycles. The van der Waals surface area contributed by atoms with Gasteiger partial charge in [-0.2, -0.15) is 13.2 Å². The van der Waals surface area contributed by atoms with Crippen LogP contribution in [0, 0.1) is 11.8 Å². The normalized spacial score (nSPS) is 20.5. The number of hydrogen-bond acceptors (Lipinski definition) is 4. The zero-order chi connectivity index (χ0) is 26.6. The highest BCUT2D eigenvalue weighted by Gasteiger charge is 2.39. The number of alkyl halides is 3. The van der Waals surface area contributed by atoms with Gasteiger partial charge in [0.05, 0.1) is 17.3 Å². The first-order valence-corrected chi connectivity index (χ1v) is 13.1. The van der Waals surface area contributed by atoms with E-state index in [1.165, 1.54) is 18.3 Å². The number of pyridine rings is 1. The highest BCUT2D eigenvalue weighted by Crippen LogP contribution is 2.39. The lowest BCUT2D eigenvalue weighted by molar-refractivity contribution is -0.140. The smallest absolute Gasteiger partial charge is 0.344 e. The van der Waals surface area contributed by atoms with E-state index < -0.39 is 23.7 Å². The van der Waals surface area contributed by atoms with E-state index in [1.54, 1.807) is 30.0 Å². The van der Waals surface area contributed by atoms with E-state index >= 15 is 0 Å². The van der Waals surface area contributed by atoms with Crippen LogP contribution in [0.25, 0.3) is 11.3 Å². The Balaban J connectivity index is 1.62. The number of carbonyl (C=O) groups excluding carboxylic acids is 2. The number of hydrogen-bond donors (Lipinski definition) is 2. The molecule has 9 heteroatoms. The van der Waals surface area contributed by atoms with Crippen molar-refractivity contribution in [3.8, 4) is 11.3 Å². The van der Waals surface area contributed by atoms with Crippen molar-refractivity contribution in [2.24, 2.45) is 17.6 Å². The van der Waals surface area contributed by atoms with Gasteiger partial charge in [-0.3, -0.25) is 14.6 Å². The molecule has 2 aromatic rings. The van der Waals surface area contributed by atoms with Gasteiger partial charge in [0.1, 0.15) is 6.04 Å². The van der Waals surface area contributed by atoms with Crippen molar-refractivity contribution in [2.75, 3.05) is 13.1 Å². The van der Waals surface area contributed by atoms with Crippen LogP contribution in [-0.4, -0.2) is 40.8 Å². The SMILES string of the molecule is CC(CN)C(=O)NC(C(=O)N1CCCC1c1ccnc(-c2ccccc2C(F)(F)F)c1)C1CCCCC1. The summed E-state index contributed by atoms with van der Waals surface area (Å²) in [5, 5.41) is 3.00. The summed E-state index contributed by atoms with van der Waals surface area (Å²) in [5.41, 5.74) is 5.93. The van der Waals surface area contributed by atoms with Gasteiger partial charge in [0.25, 0.3) is 0 Å². The van der Waals surface area contributed by atoms with Gasteiger partial charge in [0.15, 0.2) is 0 Å². The van der Waals surface area contributed by atoms with E-state index in [4.69, 9.17) is 5.73 Å². The molecule has 1 saturated heterocycles. The van der Waals surface area contributed by atoms with Crippen LogP contribution in [0.15, 0.2) is 42.6 Å². The fourth-order valence-corrected chi connectivity index (χ4v) is 5.56. The van der Waals surface area contributed by atoms with Gasteiger partial charge in [0.2, 0.25) is 11.8 Å². The molecule has 1 aromatic carbocycles. The van der Waals surface area contributed by atoms with Crippen LogP contribution in [0.5, 0.6) is 0 Å². The molecule has 6 nitrogen and oxygen atoms in total. The molecule has 0 spiro atoms. The van der Waals surface area contributed by atoms with E-state index in [0.29, 0.717) is 13.0 Å². The zero-order valence-corrected chi connectivity index (χ0v) is 21.1. The van der Waals surface area contributed by atoms with Crippen LogP contribution in [0.4, 0.5) is 13.2 Å². The molecular formula is C28H35F3N4O2. The predicted octanol–water partition coefficient (Wildman–Crippen LogP) is 5.09. The zero-order valence-electron chi connectivity index (χ0n) is 21.1. The molecule has 0 radical (unpaired) electrons. The molecule has 2 aliphatic rings. The number of likely N-dealkylation sites (tertiary alicyclic amines) is 1. The van der Waals surface area contributed by atoms with Crippen LogP contribution in [0.1, 0.15) is 69.0 Å². The van der Waals surface area contributed by atoms with Crippen molar-refractivity contribution in [3.63, 3.8) is 0 Å². The Morgan fingerprint density at radius 2 is 1.84 bits per heavy atom. The summed E-state index contributed by atoms with van der Waals surface area (Å²) in [6, 6.07) is 7.89. The first-order valence-electron chi connectivity index (χ1n) is 13.1. The summed E-state index contributed by atoms with van der Waals surface area (Å²) in [5.74, 6) is -0.689. The van der Waals surface area contributed by atoms with Crippen molar-refractivity contribution in [3.05, 3.63) is 53.7 Å². The minimum absolute atomic E-state index is 0.0100. The largest absolute Gasteiger partial charge is 0.417 e. The lowest BCUT2D eigenvalue weighted by atomic mass is 9.83. The van der Waals surface area contributed by atoms with Gasteiger partial charge in [-0.15, -0.1) is 0 Å². The number of halogens is 3. The summed E-state index contributed by atoms with van der Waals surface area (Å²) < 4.78 is 40.9. The molecule has 37 heavy (non-hydrogen) atoms. The Morgan fingerprint density at radius 1 is 1.11 bits per heavy atom. The van der Waals surface area contributed by atoms with E-state index in [9.17, 15) is 22.8 Å². The van der Waals surface area contributed by atoms with Crippen LogP contribution in [-0.2, 0) is 15.8 Å². The number of nitrogens with one attached hydrogen (secondary N) is 1. The summed E-state index contributed by atoms with van der Waals surface area (Å²) in [4.78, 5) is 32.7. The lowest BCUT2D eigenvalue weighted by Crippen LogP contribution is -2.54. The molecule has 200 valence electrons.